The van der Waals surface area contributed by atoms with Gasteiger partial charge in [-0.05, 0) is 43.6 Å². The fraction of sp³-hybridized carbons (Fsp3) is 0.650. The van der Waals surface area contributed by atoms with Crippen molar-refractivity contribution in [3.05, 3.63) is 34.3 Å². The van der Waals surface area contributed by atoms with E-state index in [0.717, 1.165) is 29.7 Å². The van der Waals surface area contributed by atoms with E-state index in [2.05, 4.69) is 20.8 Å². The topological polar surface area (TPSA) is 77.5 Å². The number of ketones is 1. The van der Waals surface area contributed by atoms with Crippen molar-refractivity contribution in [1.82, 2.24) is 4.90 Å². The van der Waals surface area contributed by atoms with E-state index in [-0.39, 0.29) is 46.3 Å². The summed E-state index contributed by atoms with van der Waals surface area (Å²) < 4.78 is 33.8. The van der Waals surface area contributed by atoms with Gasteiger partial charge in [-0.2, -0.15) is 11.8 Å². The van der Waals surface area contributed by atoms with Crippen LogP contribution in [0.4, 0.5) is 0 Å². The molecule has 1 atom stereocenters. The summed E-state index contributed by atoms with van der Waals surface area (Å²) >= 11 is 4.78. The SMILES string of the molecule is CC(C)(CN1CCCCC1)C(=O)CC(SCCS(=O)(=O)[O-])c1ccc(Br)cc1.[Na+]. The summed E-state index contributed by atoms with van der Waals surface area (Å²) in [5.41, 5.74) is 0.509. The normalized spacial score (nSPS) is 16.8. The van der Waals surface area contributed by atoms with Gasteiger partial charge in [0.1, 0.15) is 5.78 Å². The number of rotatable bonds is 10. The molecule has 0 spiro atoms. The van der Waals surface area contributed by atoms with Crippen LogP contribution in [-0.2, 0) is 14.9 Å². The number of piperidine rings is 1. The molecule has 1 aromatic rings. The third-order valence-corrected chi connectivity index (χ3v) is 7.86. The van der Waals surface area contributed by atoms with E-state index in [1.807, 2.05) is 38.1 Å². The maximum atomic E-state index is 13.1. The number of nitrogens with zero attached hydrogens (tertiary/aromatic N) is 1. The summed E-state index contributed by atoms with van der Waals surface area (Å²) in [6, 6.07) is 7.71. The Morgan fingerprint density at radius 2 is 1.79 bits per heavy atom. The first-order valence-electron chi connectivity index (χ1n) is 9.63. The van der Waals surface area contributed by atoms with Crippen LogP contribution < -0.4 is 29.6 Å². The van der Waals surface area contributed by atoms with Crippen molar-refractivity contribution >= 4 is 43.6 Å². The average Bonchev–Trinajstić information content (AvgIpc) is 2.61. The summed E-state index contributed by atoms with van der Waals surface area (Å²) in [5, 5.41) is -0.164. The van der Waals surface area contributed by atoms with E-state index in [0.29, 0.717) is 6.42 Å². The van der Waals surface area contributed by atoms with E-state index in [1.165, 1.54) is 31.0 Å². The molecule has 1 aliphatic rings. The maximum absolute atomic E-state index is 13.1. The average molecular weight is 514 g/mol. The summed E-state index contributed by atoms with van der Waals surface area (Å²) in [4.78, 5) is 15.5. The van der Waals surface area contributed by atoms with Crippen molar-refractivity contribution in [2.24, 2.45) is 5.41 Å². The number of carbonyl (C=O) groups excluding carboxylic acids is 1. The van der Waals surface area contributed by atoms with Gasteiger partial charge in [0, 0.05) is 39.6 Å². The zero-order chi connectivity index (χ0) is 20.8. The minimum atomic E-state index is -4.25. The fourth-order valence-corrected chi connectivity index (χ4v) is 5.82. The summed E-state index contributed by atoms with van der Waals surface area (Å²) in [5.74, 6) is -0.0638. The quantitative estimate of drug-likeness (QED) is 0.346. The molecule has 158 valence electrons. The minimum Gasteiger partial charge on any atom is -0.748 e. The zero-order valence-corrected chi connectivity index (χ0v) is 22.7. The van der Waals surface area contributed by atoms with Crippen LogP contribution in [-0.4, -0.2) is 54.8 Å². The molecule has 0 aromatic heterocycles. The Morgan fingerprint density at radius 1 is 1.21 bits per heavy atom. The molecule has 29 heavy (non-hydrogen) atoms. The Morgan fingerprint density at radius 3 is 2.34 bits per heavy atom. The smallest absolute Gasteiger partial charge is 0.748 e. The number of hydrogen-bond acceptors (Lipinski definition) is 6. The van der Waals surface area contributed by atoms with Crippen LogP contribution in [0, 0.1) is 5.41 Å². The summed E-state index contributed by atoms with van der Waals surface area (Å²) in [6.45, 7) is 6.83. The van der Waals surface area contributed by atoms with Gasteiger partial charge in [0.25, 0.3) is 0 Å². The molecule has 5 nitrogen and oxygen atoms in total. The second-order valence-corrected chi connectivity index (χ2v) is 11.8. The van der Waals surface area contributed by atoms with Gasteiger partial charge in [-0.15, -0.1) is 0 Å². The van der Waals surface area contributed by atoms with Gasteiger partial charge in [-0.3, -0.25) is 4.79 Å². The van der Waals surface area contributed by atoms with Crippen LogP contribution in [0.2, 0.25) is 0 Å². The number of Topliss-reactive ketones (excluding diaryl/α,β-unsaturated/α-hetero) is 1. The van der Waals surface area contributed by atoms with Crippen molar-refractivity contribution in [2.75, 3.05) is 31.1 Å². The number of likely N-dealkylation sites (tertiary alicyclic amines) is 1. The minimum absolute atomic E-state index is 0. The number of carbonyl (C=O) groups is 1. The standard InChI is InChI=1S/C20H30BrNO4S2.Na/c1-20(2,15-22-10-4-3-5-11-22)19(23)14-18(27-12-13-28(24,25)26)16-6-8-17(21)9-7-16;/h6-9,18H,3-5,10-15H2,1-2H3,(H,24,25,26);/q;+1/p-1. The van der Waals surface area contributed by atoms with Crippen LogP contribution in [0.3, 0.4) is 0 Å². The predicted molar refractivity (Wildman–Crippen MR) is 118 cm³/mol. The Kier molecular flexibility index (Phi) is 12.0. The molecular weight excluding hydrogens is 485 g/mol. The van der Waals surface area contributed by atoms with Gasteiger partial charge >= 0.3 is 29.6 Å². The van der Waals surface area contributed by atoms with Crippen molar-refractivity contribution in [2.45, 2.75) is 44.8 Å². The molecule has 1 fully saturated rings. The van der Waals surface area contributed by atoms with Crippen molar-refractivity contribution in [3.8, 4) is 0 Å². The third-order valence-electron chi connectivity index (χ3n) is 5.09. The first kappa shape index (κ1) is 27.6. The summed E-state index contributed by atoms with van der Waals surface area (Å²) in [7, 11) is -4.25. The van der Waals surface area contributed by atoms with Gasteiger partial charge < -0.3 is 9.45 Å². The van der Waals surface area contributed by atoms with E-state index in [4.69, 9.17) is 0 Å². The predicted octanol–water partition coefficient (Wildman–Crippen LogP) is 1.24. The van der Waals surface area contributed by atoms with E-state index >= 15 is 0 Å². The van der Waals surface area contributed by atoms with Crippen molar-refractivity contribution in [1.29, 1.82) is 0 Å². The first-order valence-corrected chi connectivity index (χ1v) is 13.0. The maximum Gasteiger partial charge on any atom is 1.00 e. The zero-order valence-electron chi connectivity index (χ0n) is 17.5. The monoisotopic (exact) mass is 513 g/mol. The van der Waals surface area contributed by atoms with Crippen molar-refractivity contribution < 1.29 is 47.3 Å². The fourth-order valence-electron chi connectivity index (χ4n) is 3.45. The van der Waals surface area contributed by atoms with E-state index < -0.39 is 21.3 Å². The molecule has 9 heteroatoms. The Labute approximate surface area is 209 Å². The van der Waals surface area contributed by atoms with E-state index in [9.17, 15) is 17.8 Å². The van der Waals surface area contributed by atoms with Gasteiger partial charge in [-0.25, -0.2) is 8.42 Å². The van der Waals surface area contributed by atoms with Gasteiger partial charge in [-0.1, -0.05) is 48.3 Å². The molecule has 1 aromatic carbocycles. The molecule has 0 bridgehead atoms. The molecule has 2 rings (SSSR count). The van der Waals surface area contributed by atoms with Crippen LogP contribution in [0.25, 0.3) is 0 Å². The van der Waals surface area contributed by atoms with Crippen LogP contribution in [0.1, 0.15) is 50.3 Å². The summed E-state index contributed by atoms with van der Waals surface area (Å²) in [6.07, 6.45) is 3.96. The molecular formula is C20H29BrNNaO4S2. The van der Waals surface area contributed by atoms with E-state index in [1.54, 1.807) is 0 Å². The molecule has 0 aliphatic carbocycles. The molecule has 1 saturated heterocycles. The number of halogens is 1. The van der Waals surface area contributed by atoms with Crippen LogP contribution in [0.15, 0.2) is 28.7 Å². The number of benzene rings is 1. The molecule has 0 N–H and O–H groups in total. The molecule has 0 amide bonds. The van der Waals surface area contributed by atoms with Gasteiger partial charge in [0.05, 0.1) is 10.1 Å². The molecule has 1 aliphatic heterocycles. The Hall–Kier alpha value is 0.590. The van der Waals surface area contributed by atoms with Crippen LogP contribution in [0.5, 0.6) is 0 Å². The Balaban J connectivity index is 0.00000420. The van der Waals surface area contributed by atoms with Gasteiger partial charge in [0.2, 0.25) is 0 Å². The number of hydrogen-bond donors (Lipinski definition) is 0. The van der Waals surface area contributed by atoms with Crippen molar-refractivity contribution in [3.63, 3.8) is 0 Å². The molecule has 0 radical (unpaired) electrons. The first-order chi connectivity index (χ1) is 13.1. The molecule has 0 saturated carbocycles. The molecule has 1 heterocycles. The third kappa shape index (κ3) is 10.2. The second-order valence-electron chi connectivity index (χ2n) is 8.02. The second kappa shape index (κ2) is 12.6. The molecule has 1 unspecified atom stereocenters. The Bertz CT molecular complexity index is 750. The number of thioether (sulfide) groups is 1. The van der Waals surface area contributed by atoms with Crippen LogP contribution >= 0.6 is 27.7 Å². The largest absolute Gasteiger partial charge is 1.00 e. The van der Waals surface area contributed by atoms with Gasteiger partial charge in [0.15, 0.2) is 0 Å².